The molecule has 1 aromatic heterocycles. The SMILES string of the molecule is Cc1ccc(Nc2cc(N3CCN(C(=O)Nc4cc(F)ccc4F)CC3)nc(C)n2)cc1. The number of anilines is 4. The zero-order valence-corrected chi connectivity index (χ0v) is 17.9. The lowest BCUT2D eigenvalue weighted by atomic mass is 10.2. The molecule has 2 aromatic carbocycles. The van der Waals surface area contributed by atoms with E-state index in [0.717, 1.165) is 29.7 Å². The van der Waals surface area contributed by atoms with Crippen LogP contribution in [0.5, 0.6) is 0 Å². The van der Waals surface area contributed by atoms with Crippen LogP contribution < -0.4 is 15.5 Å². The fourth-order valence-electron chi connectivity index (χ4n) is 3.49. The van der Waals surface area contributed by atoms with E-state index in [1.54, 1.807) is 4.90 Å². The Morgan fingerprint density at radius 1 is 0.938 bits per heavy atom. The normalized spacial score (nSPS) is 13.8. The van der Waals surface area contributed by atoms with Crippen LogP contribution in [0, 0.1) is 25.5 Å². The quantitative estimate of drug-likeness (QED) is 0.629. The van der Waals surface area contributed by atoms with Crippen LogP contribution in [0.15, 0.2) is 48.5 Å². The predicted octanol–water partition coefficient (Wildman–Crippen LogP) is 4.47. The van der Waals surface area contributed by atoms with E-state index in [1.807, 2.05) is 44.2 Å². The third kappa shape index (κ3) is 5.11. The fraction of sp³-hybridized carbons (Fsp3) is 0.261. The van der Waals surface area contributed by atoms with Gasteiger partial charge in [0.05, 0.1) is 5.69 Å². The van der Waals surface area contributed by atoms with Crippen LogP contribution in [0.3, 0.4) is 0 Å². The van der Waals surface area contributed by atoms with E-state index in [4.69, 9.17) is 0 Å². The van der Waals surface area contributed by atoms with Crippen molar-refractivity contribution in [2.75, 3.05) is 41.7 Å². The minimum absolute atomic E-state index is 0.171. The molecule has 7 nitrogen and oxygen atoms in total. The van der Waals surface area contributed by atoms with Crippen molar-refractivity contribution in [2.45, 2.75) is 13.8 Å². The summed E-state index contributed by atoms with van der Waals surface area (Å²) in [6.07, 6.45) is 0. The average molecular weight is 438 g/mol. The topological polar surface area (TPSA) is 73.4 Å². The monoisotopic (exact) mass is 438 g/mol. The summed E-state index contributed by atoms with van der Waals surface area (Å²) in [7, 11) is 0. The number of piperazine rings is 1. The molecular formula is C23H24F2N6O. The molecule has 0 atom stereocenters. The van der Waals surface area contributed by atoms with E-state index < -0.39 is 17.7 Å². The van der Waals surface area contributed by atoms with Gasteiger partial charge in [0.1, 0.15) is 29.1 Å². The lowest BCUT2D eigenvalue weighted by Gasteiger charge is -2.35. The highest BCUT2D eigenvalue weighted by Crippen LogP contribution is 2.22. The van der Waals surface area contributed by atoms with E-state index in [-0.39, 0.29) is 5.69 Å². The molecule has 0 unspecified atom stereocenters. The maximum atomic E-state index is 13.8. The number of carbonyl (C=O) groups is 1. The van der Waals surface area contributed by atoms with Crippen LogP contribution in [0.4, 0.5) is 36.6 Å². The van der Waals surface area contributed by atoms with Crippen molar-refractivity contribution in [3.8, 4) is 0 Å². The van der Waals surface area contributed by atoms with Crippen LogP contribution in [-0.2, 0) is 0 Å². The van der Waals surface area contributed by atoms with Crippen LogP contribution in [0.25, 0.3) is 0 Å². The Balaban J connectivity index is 1.39. The van der Waals surface area contributed by atoms with Crippen LogP contribution in [0.2, 0.25) is 0 Å². The van der Waals surface area contributed by atoms with Crippen molar-refractivity contribution in [1.29, 1.82) is 0 Å². The first-order valence-electron chi connectivity index (χ1n) is 10.3. The van der Waals surface area contributed by atoms with Crippen LogP contribution in [-0.4, -0.2) is 47.1 Å². The first-order valence-corrected chi connectivity index (χ1v) is 10.3. The van der Waals surface area contributed by atoms with Crippen LogP contribution in [0.1, 0.15) is 11.4 Å². The molecular weight excluding hydrogens is 414 g/mol. The number of urea groups is 1. The fourth-order valence-corrected chi connectivity index (χ4v) is 3.49. The summed E-state index contributed by atoms with van der Waals surface area (Å²) in [6.45, 7) is 5.82. The van der Waals surface area contributed by atoms with Crippen molar-refractivity contribution in [3.05, 3.63) is 71.6 Å². The number of aromatic nitrogens is 2. The van der Waals surface area contributed by atoms with Gasteiger partial charge in [-0.2, -0.15) is 0 Å². The molecule has 0 bridgehead atoms. The summed E-state index contributed by atoms with van der Waals surface area (Å²) in [6, 6.07) is 12.4. The van der Waals surface area contributed by atoms with Gasteiger partial charge in [-0.3, -0.25) is 0 Å². The Kier molecular flexibility index (Phi) is 6.16. The summed E-state index contributed by atoms with van der Waals surface area (Å²) in [5, 5.41) is 5.74. The summed E-state index contributed by atoms with van der Waals surface area (Å²) >= 11 is 0. The van der Waals surface area contributed by atoms with Gasteiger partial charge >= 0.3 is 6.03 Å². The molecule has 0 saturated carbocycles. The highest BCUT2D eigenvalue weighted by molar-refractivity contribution is 5.89. The number of benzene rings is 2. The van der Waals surface area contributed by atoms with Crippen molar-refractivity contribution in [3.63, 3.8) is 0 Å². The number of hydrogen-bond acceptors (Lipinski definition) is 5. The molecule has 4 rings (SSSR count). The molecule has 2 N–H and O–H groups in total. The number of rotatable bonds is 4. The molecule has 1 aliphatic heterocycles. The zero-order valence-electron chi connectivity index (χ0n) is 17.9. The molecule has 9 heteroatoms. The van der Waals surface area contributed by atoms with Gasteiger partial charge in [-0.05, 0) is 38.1 Å². The summed E-state index contributed by atoms with van der Waals surface area (Å²) < 4.78 is 27.1. The Morgan fingerprint density at radius 2 is 1.66 bits per heavy atom. The number of nitrogens with one attached hydrogen (secondary N) is 2. The smallest absolute Gasteiger partial charge is 0.322 e. The molecule has 1 saturated heterocycles. The van der Waals surface area contributed by atoms with Gasteiger partial charge in [-0.15, -0.1) is 0 Å². The molecule has 32 heavy (non-hydrogen) atoms. The van der Waals surface area contributed by atoms with Gasteiger partial charge in [0.2, 0.25) is 0 Å². The van der Waals surface area contributed by atoms with Crippen molar-refractivity contribution in [1.82, 2.24) is 14.9 Å². The van der Waals surface area contributed by atoms with Gasteiger partial charge < -0.3 is 20.4 Å². The Bertz CT molecular complexity index is 1110. The van der Waals surface area contributed by atoms with E-state index >= 15 is 0 Å². The lowest BCUT2D eigenvalue weighted by Crippen LogP contribution is -2.50. The lowest BCUT2D eigenvalue weighted by molar-refractivity contribution is 0.208. The molecule has 0 spiro atoms. The molecule has 3 aromatic rings. The zero-order chi connectivity index (χ0) is 22.7. The Morgan fingerprint density at radius 3 is 2.38 bits per heavy atom. The minimum atomic E-state index is -0.677. The van der Waals surface area contributed by atoms with Gasteiger partial charge in [-0.25, -0.2) is 23.5 Å². The molecule has 0 radical (unpaired) electrons. The second kappa shape index (κ2) is 9.17. The number of hydrogen-bond donors (Lipinski definition) is 2. The van der Waals surface area contributed by atoms with Gasteiger partial charge in [0.15, 0.2) is 0 Å². The second-order valence-corrected chi connectivity index (χ2v) is 7.68. The van der Waals surface area contributed by atoms with Crippen LogP contribution >= 0.6 is 0 Å². The highest BCUT2D eigenvalue weighted by Gasteiger charge is 2.23. The van der Waals surface area contributed by atoms with E-state index in [9.17, 15) is 13.6 Å². The van der Waals surface area contributed by atoms with Gasteiger partial charge in [0, 0.05) is 44.0 Å². The van der Waals surface area contributed by atoms with E-state index in [1.165, 1.54) is 5.56 Å². The summed E-state index contributed by atoms with van der Waals surface area (Å²) in [4.78, 5) is 25.1. The maximum Gasteiger partial charge on any atom is 0.322 e. The van der Waals surface area contributed by atoms with Crippen molar-refractivity contribution in [2.24, 2.45) is 0 Å². The number of halogens is 2. The number of nitrogens with zero attached hydrogens (tertiary/aromatic N) is 4. The summed E-state index contributed by atoms with van der Waals surface area (Å²) in [5.41, 5.74) is 1.94. The molecule has 1 aliphatic rings. The highest BCUT2D eigenvalue weighted by atomic mass is 19.1. The first-order chi connectivity index (χ1) is 15.4. The third-order valence-electron chi connectivity index (χ3n) is 5.21. The predicted molar refractivity (Wildman–Crippen MR) is 120 cm³/mol. The minimum Gasteiger partial charge on any atom is -0.353 e. The standard InChI is InChI=1S/C23H24F2N6O/c1-15-3-6-18(7-4-15)28-21-14-22(27-16(2)26-21)30-9-11-31(12-10-30)23(32)29-20-13-17(24)5-8-19(20)25/h3-8,13-14H,9-12H2,1-2H3,(H,29,32)(H,26,27,28). The second-order valence-electron chi connectivity index (χ2n) is 7.68. The Hall–Kier alpha value is -3.75. The number of carbonyl (C=O) groups excluding carboxylic acids is 1. The van der Waals surface area contributed by atoms with Gasteiger partial charge in [0.25, 0.3) is 0 Å². The molecule has 0 aliphatic carbocycles. The largest absolute Gasteiger partial charge is 0.353 e. The van der Waals surface area contributed by atoms with Gasteiger partial charge in [-0.1, -0.05) is 17.7 Å². The number of aryl methyl sites for hydroxylation is 2. The average Bonchev–Trinajstić information content (AvgIpc) is 2.77. The van der Waals surface area contributed by atoms with E-state index in [2.05, 4.69) is 25.5 Å². The molecule has 2 amide bonds. The Labute approximate surface area is 185 Å². The molecule has 166 valence electrons. The third-order valence-corrected chi connectivity index (χ3v) is 5.21. The van der Waals surface area contributed by atoms with Crippen molar-refractivity contribution < 1.29 is 13.6 Å². The maximum absolute atomic E-state index is 13.8. The molecule has 2 heterocycles. The summed E-state index contributed by atoms with van der Waals surface area (Å²) in [5.74, 6) is 0.810. The van der Waals surface area contributed by atoms with Crippen molar-refractivity contribution >= 4 is 29.0 Å². The van der Waals surface area contributed by atoms with E-state index in [0.29, 0.717) is 37.8 Å². The molecule has 1 fully saturated rings. The number of amides is 2. The first kappa shape index (κ1) is 21.5.